The standard InChI is InChI=1S/C17H18N4O/c1-11-6-9-13-14(18-11)4-3-5-15(13)22-10-16-19-17(12-7-8-12)20-21(16)2/h3-6,9,12H,7-8,10H2,1-2H3. The summed E-state index contributed by atoms with van der Waals surface area (Å²) in [6.07, 6.45) is 2.41. The Morgan fingerprint density at radius 2 is 2.05 bits per heavy atom. The molecule has 0 unspecified atom stereocenters. The number of aryl methyl sites for hydroxylation is 2. The van der Waals surface area contributed by atoms with Gasteiger partial charge >= 0.3 is 0 Å². The zero-order valence-electron chi connectivity index (χ0n) is 12.8. The Balaban J connectivity index is 1.58. The summed E-state index contributed by atoms with van der Waals surface area (Å²) < 4.78 is 7.80. The number of aromatic nitrogens is 4. The Labute approximate surface area is 129 Å². The van der Waals surface area contributed by atoms with Crippen molar-refractivity contribution in [3.8, 4) is 5.75 Å². The van der Waals surface area contributed by atoms with E-state index in [-0.39, 0.29) is 0 Å². The van der Waals surface area contributed by atoms with Gasteiger partial charge < -0.3 is 4.74 Å². The Kier molecular flexibility index (Phi) is 3.06. The molecule has 1 saturated carbocycles. The second-order valence-electron chi connectivity index (χ2n) is 5.85. The molecule has 112 valence electrons. The lowest BCUT2D eigenvalue weighted by molar-refractivity contribution is 0.293. The third-order valence-corrected chi connectivity index (χ3v) is 4.00. The van der Waals surface area contributed by atoms with Gasteiger partial charge in [0.05, 0.1) is 5.52 Å². The van der Waals surface area contributed by atoms with E-state index in [0.717, 1.165) is 34.0 Å². The fourth-order valence-corrected chi connectivity index (χ4v) is 2.58. The topological polar surface area (TPSA) is 52.8 Å². The van der Waals surface area contributed by atoms with E-state index in [0.29, 0.717) is 12.5 Å². The van der Waals surface area contributed by atoms with Gasteiger partial charge in [-0.2, -0.15) is 5.10 Å². The van der Waals surface area contributed by atoms with Gasteiger partial charge in [-0.15, -0.1) is 0 Å². The Morgan fingerprint density at radius 3 is 2.86 bits per heavy atom. The summed E-state index contributed by atoms with van der Waals surface area (Å²) in [5, 5.41) is 5.50. The number of nitrogens with zero attached hydrogens (tertiary/aromatic N) is 4. The van der Waals surface area contributed by atoms with Gasteiger partial charge in [0, 0.05) is 24.0 Å². The Hall–Kier alpha value is -2.43. The van der Waals surface area contributed by atoms with Crippen LogP contribution in [0.1, 0.15) is 36.1 Å². The van der Waals surface area contributed by atoms with Gasteiger partial charge in [-0.25, -0.2) is 9.67 Å². The van der Waals surface area contributed by atoms with E-state index in [2.05, 4.69) is 21.1 Å². The van der Waals surface area contributed by atoms with E-state index in [1.54, 1.807) is 0 Å². The highest BCUT2D eigenvalue weighted by molar-refractivity contribution is 5.85. The summed E-state index contributed by atoms with van der Waals surface area (Å²) in [6, 6.07) is 10.00. The molecule has 0 N–H and O–H groups in total. The Bertz CT molecular complexity index is 836. The summed E-state index contributed by atoms with van der Waals surface area (Å²) in [4.78, 5) is 9.12. The minimum Gasteiger partial charge on any atom is -0.485 e. The van der Waals surface area contributed by atoms with E-state index in [1.807, 2.05) is 42.9 Å². The average molecular weight is 294 g/mol. The van der Waals surface area contributed by atoms with Crippen LogP contribution in [0.5, 0.6) is 5.75 Å². The van der Waals surface area contributed by atoms with Crippen molar-refractivity contribution < 1.29 is 4.74 Å². The SMILES string of the molecule is Cc1ccc2c(OCc3nc(C4CC4)nn3C)cccc2n1. The summed E-state index contributed by atoms with van der Waals surface area (Å²) in [7, 11) is 1.92. The number of benzene rings is 1. The summed E-state index contributed by atoms with van der Waals surface area (Å²) >= 11 is 0. The molecule has 0 spiro atoms. The number of hydrogen-bond acceptors (Lipinski definition) is 4. The van der Waals surface area contributed by atoms with Gasteiger partial charge in [-0.3, -0.25) is 4.98 Å². The fourth-order valence-electron chi connectivity index (χ4n) is 2.58. The van der Waals surface area contributed by atoms with Gasteiger partial charge in [0.2, 0.25) is 0 Å². The summed E-state index contributed by atoms with van der Waals surface area (Å²) in [5.74, 6) is 3.21. The highest BCUT2D eigenvalue weighted by Crippen LogP contribution is 2.38. The van der Waals surface area contributed by atoms with Crippen molar-refractivity contribution in [2.45, 2.75) is 32.3 Å². The van der Waals surface area contributed by atoms with Crippen LogP contribution in [-0.2, 0) is 13.7 Å². The monoisotopic (exact) mass is 294 g/mol. The second kappa shape index (κ2) is 5.09. The van der Waals surface area contributed by atoms with E-state index < -0.39 is 0 Å². The van der Waals surface area contributed by atoms with Crippen LogP contribution in [0.3, 0.4) is 0 Å². The molecule has 0 aliphatic heterocycles. The lowest BCUT2D eigenvalue weighted by Gasteiger charge is -2.08. The lowest BCUT2D eigenvalue weighted by atomic mass is 10.2. The molecule has 5 nitrogen and oxygen atoms in total. The van der Waals surface area contributed by atoms with Crippen molar-refractivity contribution in [2.75, 3.05) is 0 Å². The fraction of sp³-hybridized carbons (Fsp3) is 0.353. The van der Waals surface area contributed by atoms with Crippen LogP contribution in [0, 0.1) is 6.92 Å². The van der Waals surface area contributed by atoms with Crippen LogP contribution >= 0.6 is 0 Å². The van der Waals surface area contributed by atoms with Crippen LogP contribution < -0.4 is 4.74 Å². The number of ether oxygens (including phenoxy) is 1. The quantitative estimate of drug-likeness (QED) is 0.742. The molecule has 1 aliphatic rings. The highest BCUT2D eigenvalue weighted by Gasteiger charge is 2.28. The zero-order valence-corrected chi connectivity index (χ0v) is 12.8. The van der Waals surface area contributed by atoms with E-state index in [9.17, 15) is 0 Å². The van der Waals surface area contributed by atoms with E-state index in [4.69, 9.17) is 4.74 Å². The number of pyridine rings is 1. The molecular formula is C17H18N4O. The maximum absolute atomic E-state index is 5.98. The first-order chi connectivity index (χ1) is 10.7. The molecule has 1 fully saturated rings. The predicted molar refractivity (Wildman–Crippen MR) is 83.8 cm³/mol. The molecule has 2 aromatic heterocycles. The van der Waals surface area contributed by atoms with Crippen molar-refractivity contribution in [1.82, 2.24) is 19.7 Å². The highest BCUT2D eigenvalue weighted by atomic mass is 16.5. The molecule has 0 radical (unpaired) electrons. The lowest BCUT2D eigenvalue weighted by Crippen LogP contribution is -2.04. The maximum atomic E-state index is 5.98. The van der Waals surface area contributed by atoms with Crippen molar-refractivity contribution in [3.05, 3.63) is 47.7 Å². The average Bonchev–Trinajstić information content (AvgIpc) is 3.29. The van der Waals surface area contributed by atoms with Crippen LogP contribution in [0.4, 0.5) is 0 Å². The first-order valence-electron chi connectivity index (χ1n) is 7.60. The first kappa shape index (κ1) is 13.2. The molecule has 3 aromatic rings. The van der Waals surface area contributed by atoms with Crippen LogP contribution in [-0.4, -0.2) is 19.7 Å². The predicted octanol–water partition coefficient (Wildman–Crippen LogP) is 3.13. The van der Waals surface area contributed by atoms with Crippen LogP contribution in [0.25, 0.3) is 10.9 Å². The normalized spacial score (nSPS) is 14.5. The molecule has 0 bridgehead atoms. The molecule has 5 heteroatoms. The number of hydrogen-bond donors (Lipinski definition) is 0. The molecule has 0 saturated heterocycles. The zero-order chi connectivity index (χ0) is 15.1. The van der Waals surface area contributed by atoms with Crippen molar-refractivity contribution in [3.63, 3.8) is 0 Å². The van der Waals surface area contributed by atoms with Gasteiger partial charge in [-0.1, -0.05) is 6.07 Å². The van der Waals surface area contributed by atoms with E-state index >= 15 is 0 Å². The van der Waals surface area contributed by atoms with Gasteiger partial charge in [0.1, 0.15) is 12.4 Å². The third-order valence-electron chi connectivity index (χ3n) is 4.00. The van der Waals surface area contributed by atoms with Crippen LogP contribution in [0.15, 0.2) is 30.3 Å². The smallest absolute Gasteiger partial charge is 0.164 e. The molecular weight excluding hydrogens is 276 g/mol. The van der Waals surface area contributed by atoms with Crippen molar-refractivity contribution in [2.24, 2.45) is 7.05 Å². The molecule has 1 aromatic carbocycles. The van der Waals surface area contributed by atoms with Gasteiger partial charge in [0.15, 0.2) is 11.6 Å². The number of fused-ring (bicyclic) bond motifs is 1. The summed E-state index contributed by atoms with van der Waals surface area (Å²) in [5.41, 5.74) is 1.96. The first-order valence-corrected chi connectivity index (χ1v) is 7.60. The molecule has 4 rings (SSSR count). The molecule has 1 aliphatic carbocycles. The summed E-state index contributed by atoms with van der Waals surface area (Å²) in [6.45, 7) is 2.41. The maximum Gasteiger partial charge on any atom is 0.164 e. The van der Waals surface area contributed by atoms with Crippen LogP contribution in [0.2, 0.25) is 0 Å². The van der Waals surface area contributed by atoms with Gasteiger partial charge in [-0.05, 0) is 44.0 Å². The molecule has 2 heterocycles. The molecule has 0 amide bonds. The molecule has 0 atom stereocenters. The van der Waals surface area contributed by atoms with Crippen molar-refractivity contribution in [1.29, 1.82) is 0 Å². The van der Waals surface area contributed by atoms with Crippen molar-refractivity contribution >= 4 is 10.9 Å². The van der Waals surface area contributed by atoms with E-state index in [1.165, 1.54) is 12.8 Å². The minimum atomic E-state index is 0.420. The second-order valence-corrected chi connectivity index (χ2v) is 5.85. The minimum absolute atomic E-state index is 0.420. The van der Waals surface area contributed by atoms with Gasteiger partial charge in [0.25, 0.3) is 0 Å². The third kappa shape index (κ3) is 2.43. The largest absolute Gasteiger partial charge is 0.485 e. The Morgan fingerprint density at radius 1 is 1.18 bits per heavy atom. The number of rotatable bonds is 4. The molecule has 22 heavy (non-hydrogen) atoms.